The van der Waals surface area contributed by atoms with Crippen molar-refractivity contribution in [1.82, 2.24) is 9.55 Å². The van der Waals surface area contributed by atoms with Gasteiger partial charge < -0.3 is 9.55 Å². The molecule has 0 aliphatic rings. The maximum absolute atomic E-state index is 11.5. The van der Waals surface area contributed by atoms with Crippen LogP contribution in [0.15, 0.2) is 46.2 Å². The monoisotopic (exact) mass is 247 g/mol. The molecule has 0 fully saturated rings. The molecule has 0 radical (unpaired) electrons. The summed E-state index contributed by atoms with van der Waals surface area (Å²) in [6.07, 6.45) is 2.82. The number of nitrogens with one attached hydrogen (secondary N) is 1. The minimum Gasteiger partial charge on any atom is -0.323 e. The van der Waals surface area contributed by atoms with E-state index in [-0.39, 0.29) is 12.2 Å². The van der Waals surface area contributed by atoms with Gasteiger partial charge in [-0.1, -0.05) is 12.1 Å². The zero-order valence-corrected chi connectivity index (χ0v) is 9.20. The Morgan fingerprint density at radius 1 is 1.22 bits per heavy atom. The molecule has 0 bridgehead atoms. The van der Waals surface area contributed by atoms with Crippen molar-refractivity contribution in [3.8, 4) is 0 Å². The number of rotatable bonds is 3. The molecule has 1 aromatic heterocycles. The van der Waals surface area contributed by atoms with E-state index in [1.807, 2.05) is 0 Å². The molecule has 7 nitrogen and oxygen atoms in total. The maximum Gasteiger partial charge on any atom is 0.316 e. The molecule has 0 saturated carbocycles. The Kier molecular flexibility index (Phi) is 3.05. The maximum atomic E-state index is 11.5. The number of aromatic nitrogens is 2. The third-order valence-electron chi connectivity index (χ3n) is 2.42. The molecular weight excluding hydrogens is 238 g/mol. The molecule has 1 N–H and O–H groups in total. The van der Waals surface area contributed by atoms with Gasteiger partial charge in [-0.3, -0.25) is 19.7 Å². The average molecular weight is 247 g/mol. The molecular formula is C11H9N3O4. The average Bonchev–Trinajstić information content (AvgIpc) is 2.36. The van der Waals surface area contributed by atoms with Crippen molar-refractivity contribution in [3.05, 3.63) is 73.0 Å². The fourth-order valence-electron chi connectivity index (χ4n) is 1.51. The van der Waals surface area contributed by atoms with Crippen LogP contribution in [0, 0.1) is 10.1 Å². The standard InChI is InChI=1S/C11H9N3O4/c15-10-11(16)13(6-5-12-10)7-8-1-3-9(4-2-8)14(17)18/h1-6H,7H2,(H,12,15). The summed E-state index contributed by atoms with van der Waals surface area (Å²) in [6.45, 7) is 0.195. The van der Waals surface area contributed by atoms with E-state index in [0.29, 0.717) is 5.56 Å². The number of hydrogen-bond acceptors (Lipinski definition) is 4. The summed E-state index contributed by atoms with van der Waals surface area (Å²) in [4.78, 5) is 34.8. The third kappa shape index (κ3) is 2.34. The molecule has 0 aliphatic carbocycles. The van der Waals surface area contributed by atoms with Gasteiger partial charge in [0.05, 0.1) is 11.5 Å². The van der Waals surface area contributed by atoms with Crippen LogP contribution in [0.2, 0.25) is 0 Å². The summed E-state index contributed by atoms with van der Waals surface area (Å²) in [5.74, 6) is 0. The van der Waals surface area contributed by atoms with Crippen molar-refractivity contribution < 1.29 is 4.92 Å². The lowest BCUT2D eigenvalue weighted by atomic mass is 10.2. The normalized spacial score (nSPS) is 10.2. The minimum atomic E-state index is -0.695. The van der Waals surface area contributed by atoms with Crippen LogP contribution in [0.3, 0.4) is 0 Å². The van der Waals surface area contributed by atoms with E-state index in [2.05, 4.69) is 4.98 Å². The van der Waals surface area contributed by atoms with E-state index in [0.717, 1.165) is 0 Å². The molecule has 7 heteroatoms. The number of non-ortho nitro benzene ring substituents is 1. The van der Waals surface area contributed by atoms with Gasteiger partial charge in [0, 0.05) is 24.5 Å². The zero-order valence-electron chi connectivity index (χ0n) is 9.20. The number of nitro benzene ring substituents is 1. The lowest BCUT2D eigenvalue weighted by Crippen LogP contribution is -2.35. The van der Waals surface area contributed by atoms with E-state index in [1.54, 1.807) is 12.1 Å². The molecule has 2 rings (SSSR count). The lowest BCUT2D eigenvalue weighted by molar-refractivity contribution is -0.384. The highest BCUT2D eigenvalue weighted by atomic mass is 16.6. The first-order valence-electron chi connectivity index (χ1n) is 5.09. The number of aromatic amines is 1. The Hall–Kier alpha value is -2.70. The minimum absolute atomic E-state index is 0.0167. The SMILES string of the molecule is O=c1[nH]ccn(Cc2ccc([N+](=O)[O-])cc2)c1=O. The summed E-state index contributed by atoms with van der Waals surface area (Å²) in [5, 5.41) is 10.5. The molecule has 0 spiro atoms. The highest BCUT2D eigenvalue weighted by molar-refractivity contribution is 5.32. The largest absolute Gasteiger partial charge is 0.323 e. The summed E-state index contributed by atoms with van der Waals surface area (Å²) >= 11 is 0. The van der Waals surface area contributed by atoms with Crippen LogP contribution in [0.1, 0.15) is 5.56 Å². The Labute approximate surface area is 100 Å². The van der Waals surface area contributed by atoms with Crippen molar-refractivity contribution in [2.24, 2.45) is 0 Å². The Balaban J connectivity index is 2.29. The van der Waals surface area contributed by atoms with Crippen molar-refractivity contribution >= 4 is 5.69 Å². The second kappa shape index (κ2) is 4.66. The first kappa shape index (κ1) is 11.8. The van der Waals surface area contributed by atoms with Gasteiger partial charge in [0.2, 0.25) is 0 Å². The molecule has 0 aliphatic heterocycles. The first-order valence-corrected chi connectivity index (χ1v) is 5.09. The molecule has 0 amide bonds. The first-order chi connectivity index (χ1) is 8.58. The summed E-state index contributed by atoms with van der Waals surface area (Å²) < 4.78 is 1.24. The number of nitrogens with zero attached hydrogens (tertiary/aromatic N) is 2. The molecule has 2 aromatic rings. The smallest absolute Gasteiger partial charge is 0.316 e. The van der Waals surface area contributed by atoms with Gasteiger partial charge in [0.15, 0.2) is 0 Å². The van der Waals surface area contributed by atoms with Gasteiger partial charge in [0.25, 0.3) is 5.69 Å². The number of hydrogen-bond donors (Lipinski definition) is 1. The van der Waals surface area contributed by atoms with Crippen LogP contribution in [0.4, 0.5) is 5.69 Å². The number of H-pyrrole nitrogens is 1. The van der Waals surface area contributed by atoms with Crippen LogP contribution in [-0.2, 0) is 6.54 Å². The van der Waals surface area contributed by atoms with E-state index in [9.17, 15) is 19.7 Å². The quantitative estimate of drug-likeness (QED) is 0.485. The Morgan fingerprint density at radius 3 is 2.50 bits per heavy atom. The summed E-state index contributed by atoms with van der Waals surface area (Å²) in [5.41, 5.74) is -0.666. The van der Waals surface area contributed by atoms with Crippen LogP contribution < -0.4 is 11.1 Å². The molecule has 1 aromatic carbocycles. The van der Waals surface area contributed by atoms with Crippen LogP contribution >= 0.6 is 0 Å². The predicted molar refractivity (Wildman–Crippen MR) is 63.5 cm³/mol. The fourth-order valence-corrected chi connectivity index (χ4v) is 1.51. The van der Waals surface area contributed by atoms with Gasteiger partial charge in [-0.15, -0.1) is 0 Å². The fraction of sp³-hybridized carbons (Fsp3) is 0.0909. The zero-order chi connectivity index (χ0) is 13.1. The molecule has 18 heavy (non-hydrogen) atoms. The predicted octanol–water partition coefficient (Wildman–Crippen LogP) is 0.493. The van der Waals surface area contributed by atoms with Gasteiger partial charge >= 0.3 is 11.1 Å². The molecule has 92 valence electrons. The molecule has 1 heterocycles. The topological polar surface area (TPSA) is 98.0 Å². The van der Waals surface area contributed by atoms with Gasteiger partial charge in [0.1, 0.15) is 0 Å². The van der Waals surface area contributed by atoms with Crippen molar-refractivity contribution in [2.45, 2.75) is 6.54 Å². The van der Waals surface area contributed by atoms with Gasteiger partial charge in [-0.05, 0) is 5.56 Å². The number of benzene rings is 1. The lowest BCUT2D eigenvalue weighted by Gasteiger charge is -2.04. The summed E-state index contributed by atoms with van der Waals surface area (Å²) in [7, 11) is 0. The van der Waals surface area contributed by atoms with Crippen molar-refractivity contribution in [2.75, 3.05) is 0 Å². The van der Waals surface area contributed by atoms with Crippen LogP contribution in [0.5, 0.6) is 0 Å². The third-order valence-corrected chi connectivity index (χ3v) is 2.42. The van der Waals surface area contributed by atoms with E-state index >= 15 is 0 Å². The van der Waals surface area contributed by atoms with E-state index in [1.165, 1.54) is 29.1 Å². The molecule has 0 saturated heterocycles. The molecule has 0 unspecified atom stereocenters. The van der Waals surface area contributed by atoms with E-state index in [4.69, 9.17) is 0 Å². The van der Waals surface area contributed by atoms with Crippen LogP contribution in [0.25, 0.3) is 0 Å². The highest BCUT2D eigenvalue weighted by Crippen LogP contribution is 2.12. The second-order valence-electron chi connectivity index (χ2n) is 3.65. The van der Waals surface area contributed by atoms with Crippen molar-refractivity contribution in [1.29, 1.82) is 0 Å². The van der Waals surface area contributed by atoms with Crippen molar-refractivity contribution in [3.63, 3.8) is 0 Å². The summed E-state index contributed by atoms with van der Waals surface area (Å²) in [6, 6.07) is 5.80. The number of nitro groups is 1. The van der Waals surface area contributed by atoms with Gasteiger partial charge in [-0.2, -0.15) is 0 Å². The van der Waals surface area contributed by atoms with Crippen LogP contribution in [-0.4, -0.2) is 14.5 Å². The highest BCUT2D eigenvalue weighted by Gasteiger charge is 2.05. The molecule has 0 atom stereocenters. The second-order valence-corrected chi connectivity index (χ2v) is 3.65. The van der Waals surface area contributed by atoms with E-state index < -0.39 is 16.0 Å². The Morgan fingerprint density at radius 2 is 1.89 bits per heavy atom. The Bertz CT molecular complexity index is 684. The van der Waals surface area contributed by atoms with Gasteiger partial charge in [-0.25, -0.2) is 0 Å².